The molecule has 2 rings (SSSR count). The Morgan fingerprint density at radius 2 is 1.96 bits per heavy atom. The highest BCUT2D eigenvalue weighted by Gasteiger charge is 2.15. The fourth-order valence-electron chi connectivity index (χ4n) is 2.25. The van der Waals surface area contributed by atoms with Crippen molar-refractivity contribution in [1.82, 2.24) is 15.1 Å². The number of unbranched alkanes of at least 4 members (excludes halogenated alkanes) is 2. The molecule has 6 nitrogen and oxygen atoms in total. The van der Waals surface area contributed by atoms with Crippen molar-refractivity contribution in [3.63, 3.8) is 0 Å². The number of hydrogen-bond donors (Lipinski definition) is 2. The maximum Gasteiger partial charge on any atom is 0.325 e. The van der Waals surface area contributed by atoms with Crippen LogP contribution in [-0.2, 0) is 11.3 Å². The third-order valence-electron chi connectivity index (χ3n) is 3.72. The zero-order chi connectivity index (χ0) is 19.5. The smallest absolute Gasteiger partial charge is 0.325 e. The van der Waals surface area contributed by atoms with Crippen molar-refractivity contribution in [2.45, 2.75) is 59.5 Å². The van der Waals surface area contributed by atoms with Crippen LogP contribution < -0.4 is 5.32 Å². The monoisotopic (exact) mass is 359 g/mol. The van der Waals surface area contributed by atoms with Gasteiger partial charge in [0.25, 0.3) is 5.91 Å². The summed E-state index contributed by atoms with van der Waals surface area (Å²) in [6.45, 7) is 8.37. The maximum absolute atomic E-state index is 12.0. The zero-order valence-electron chi connectivity index (χ0n) is 16.0. The van der Waals surface area contributed by atoms with Gasteiger partial charge in [-0.05, 0) is 37.1 Å². The first-order valence-electron chi connectivity index (χ1n) is 8.99. The molecule has 0 aliphatic rings. The largest absolute Gasteiger partial charge is 0.480 e. The van der Waals surface area contributed by atoms with Crippen LogP contribution in [0.15, 0.2) is 36.7 Å². The van der Waals surface area contributed by atoms with Crippen molar-refractivity contribution in [2.24, 2.45) is 0 Å². The first kappa shape index (κ1) is 21.4. The Morgan fingerprint density at radius 1 is 1.27 bits per heavy atom. The lowest BCUT2D eigenvalue weighted by atomic mass is 10.1. The van der Waals surface area contributed by atoms with Crippen LogP contribution in [0.1, 0.15) is 61.5 Å². The molecule has 1 unspecified atom stereocenters. The maximum atomic E-state index is 12.0. The minimum atomic E-state index is -1.06. The van der Waals surface area contributed by atoms with E-state index in [0.29, 0.717) is 12.1 Å². The molecule has 1 amide bonds. The lowest BCUT2D eigenvalue weighted by Gasteiger charge is -2.10. The molecule has 2 aromatic rings. The van der Waals surface area contributed by atoms with E-state index < -0.39 is 17.9 Å². The van der Waals surface area contributed by atoms with Gasteiger partial charge in [-0.1, -0.05) is 45.2 Å². The van der Waals surface area contributed by atoms with E-state index in [-0.39, 0.29) is 0 Å². The number of carboxylic acids is 1. The van der Waals surface area contributed by atoms with Gasteiger partial charge in [-0.15, -0.1) is 0 Å². The predicted octanol–water partition coefficient (Wildman–Crippen LogP) is 3.64. The Bertz CT molecular complexity index is 708. The van der Waals surface area contributed by atoms with E-state index in [0.717, 1.165) is 11.1 Å². The molecule has 0 aliphatic carbocycles. The summed E-state index contributed by atoms with van der Waals surface area (Å²) >= 11 is 0. The number of carbonyl (C=O) groups is 2. The number of carbonyl (C=O) groups excluding carboxylic acids is 1. The van der Waals surface area contributed by atoms with Gasteiger partial charge in [0.1, 0.15) is 6.04 Å². The molecule has 0 spiro atoms. The molecule has 1 atom stereocenters. The van der Waals surface area contributed by atoms with Gasteiger partial charge in [0.05, 0.1) is 12.7 Å². The van der Waals surface area contributed by atoms with E-state index in [9.17, 15) is 9.59 Å². The number of aromatic nitrogens is 2. The quantitative estimate of drug-likeness (QED) is 0.790. The van der Waals surface area contributed by atoms with E-state index >= 15 is 0 Å². The van der Waals surface area contributed by atoms with E-state index in [2.05, 4.69) is 24.3 Å². The molecule has 1 aromatic heterocycles. The van der Waals surface area contributed by atoms with Gasteiger partial charge in [-0.2, -0.15) is 5.10 Å². The third-order valence-corrected chi connectivity index (χ3v) is 3.72. The number of nitrogens with one attached hydrogen (secondary N) is 1. The highest BCUT2D eigenvalue weighted by atomic mass is 16.4. The van der Waals surface area contributed by atoms with Crippen LogP contribution in [0.3, 0.4) is 0 Å². The van der Waals surface area contributed by atoms with Gasteiger partial charge in [0.15, 0.2) is 0 Å². The van der Waals surface area contributed by atoms with Crippen LogP contribution in [0.2, 0.25) is 0 Å². The van der Waals surface area contributed by atoms with E-state index in [1.165, 1.54) is 26.2 Å². The topological polar surface area (TPSA) is 84.2 Å². The molecule has 1 heterocycles. The molecule has 1 aromatic carbocycles. The average Bonchev–Trinajstić information content (AvgIpc) is 3.01. The molecule has 0 bridgehead atoms. The molecule has 0 saturated heterocycles. The molecular formula is C20H29N3O3. The van der Waals surface area contributed by atoms with E-state index in [1.54, 1.807) is 29.1 Å². The zero-order valence-corrected chi connectivity index (χ0v) is 16.0. The predicted molar refractivity (Wildman–Crippen MR) is 102 cm³/mol. The van der Waals surface area contributed by atoms with Crippen molar-refractivity contribution < 1.29 is 14.7 Å². The molecule has 142 valence electrons. The van der Waals surface area contributed by atoms with Crippen molar-refractivity contribution in [3.8, 4) is 0 Å². The third kappa shape index (κ3) is 7.51. The minimum absolute atomic E-state index is 0.400. The number of aliphatic carboxylic acids is 1. The van der Waals surface area contributed by atoms with Gasteiger partial charge >= 0.3 is 5.97 Å². The molecule has 0 fully saturated rings. The summed E-state index contributed by atoms with van der Waals surface area (Å²) in [6.07, 6.45) is 7.76. The Hall–Kier alpha value is -2.63. The second-order valence-corrected chi connectivity index (χ2v) is 6.30. The van der Waals surface area contributed by atoms with Crippen molar-refractivity contribution >= 4 is 11.9 Å². The van der Waals surface area contributed by atoms with Crippen LogP contribution in [0.25, 0.3) is 0 Å². The Balaban J connectivity index is 0.000000597. The highest BCUT2D eigenvalue weighted by molar-refractivity contribution is 5.96. The Kier molecular flexibility index (Phi) is 9.12. The van der Waals surface area contributed by atoms with Gasteiger partial charge in [0, 0.05) is 11.8 Å². The molecular weight excluding hydrogens is 330 g/mol. The fraction of sp³-hybridized carbons (Fsp3) is 0.450. The van der Waals surface area contributed by atoms with Gasteiger partial charge in [-0.3, -0.25) is 14.3 Å². The standard InChI is InChI=1S/C15H17N3O3.C5H12/c1-10-7-16-18(8-10)9-12-4-3-5-13(6-12)14(19)17-11(2)15(20)21;1-3-5-4-2/h3-8,11H,9H2,1-2H3,(H,17,19)(H,20,21);3-5H2,1-2H3. The number of amides is 1. The second kappa shape index (κ2) is 11.1. The average molecular weight is 359 g/mol. The number of rotatable bonds is 7. The lowest BCUT2D eigenvalue weighted by Crippen LogP contribution is -2.38. The summed E-state index contributed by atoms with van der Waals surface area (Å²) in [7, 11) is 0. The van der Waals surface area contributed by atoms with E-state index in [4.69, 9.17) is 5.11 Å². The summed E-state index contributed by atoms with van der Waals surface area (Å²) < 4.78 is 1.78. The van der Waals surface area contributed by atoms with Gasteiger partial charge in [0.2, 0.25) is 0 Å². The Morgan fingerprint density at radius 3 is 2.46 bits per heavy atom. The summed E-state index contributed by atoms with van der Waals surface area (Å²) in [6, 6.07) is 6.14. The Labute approximate surface area is 155 Å². The van der Waals surface area contributed by atoms with Crippen LogP contribution in [0, 0.1) is 6.92 Å². The SMILES string of the molecule is CCCCC.Cc1cnn(Cc2cccc(C(=O)NC(C)C(=O)O)c2)c1. The van der Waals surface area contributed by atoms with E-state index in [1.807, 2.05) is 19.2 Å². The summed E-state index contributed by atoms with van der Waals surface area (Å²) in [5, 5.41) is 15.4. The van der Waals surface area contributed by atoms with Crippen molar-refractivity contribution in [2.75, 3.05) is 0 Å². The highest BCUT2D eigenvalue weighted by Crippen LogP contribution is 2.08. The number of benzene rings is 1. The summed E-state index contributed by atoms with van der Waals surface area (Å²) in [4.78, 5) is 22.7. The molecule has 2 N–H and O–H groups in total. The lowest BCUT2D eigenvalue weighted by molar-refractivity contribution is -0.138. The summed E-state index contributed by atoms with van der Waals surface area (Å²) in [5.41, 5.74) is 2.43. The second-order valence-electron chi connectivity index (χ2n) is 6.30. The minimum Gasteiger partial charge on any atom is -0.480 e. The van der Waals surface area contributed by atoms with Crippen LogP contribution in [0.5, 0.6) is 0 Å². The fourth-order valence-corrected chi connectivity index (χ4v) is 2.25. The molecule has 6 heteroatoms. The molecule has 0 radical (unpaired) electrons. The first-order valence-corrected chi connectivity index (χ1v) is 8.99. The van der Waals surface area contributed by atoms with Gasteiger partial charge < -0.3 is 10.4 Å². The normalized spacial score (nSPS) is 11.2. The van der Waals surface area contributed by atoms with Crippen LogP contribution in [-0.4, -0.2) is 32.8 Å². The summed E-state index contributed by atoms with van der Waals surface area (Å²) in [5.74, 6) is -1.46. The number of nitrogens with zero attached hydrogens (tertiary/aromatic N) is 2. The number of hydrogen-bond acceptors (Lipinski definition) is 3. The molecule has 0 saturated carbocycles. The van der Waals surface area contributed by atoms with Crippen molar-refractivity contribution in [3.05, 3.63) is 53.3 Å². The number of aryl methyl sites for hydroxylation is 1. The molecule has 26 heavy (non-hydrogen) atoms. The first-order chi connectivity index (χ1) is 12.4. The van der Waals surface area contributed by atoms with Crippen LogP contribution in [0.4, 0.5) is 0 Å². The number of carboxylic acid groups (broad SMARTS) is 1. The molecule has 0 aliphatic heterocycles. The van der Waals surface area contributed by atoms with Crippen molar-refractivity contribution in [1.29, 1.82) is 0 Å². The van der Waals surface area contributed by atoms with Crippen LogP contribution >= 0.6 is 0 Å². The van der Waals surface area contributed by atoms with Gasteiger partial charge in [-0.25, -0.2) is 0 Å².